The van der Waals surface area contributed by atoms with Crippen LogP contribution in [0.5, 0.6) is 5.75 Å². The summed E-state index contributed by atoms with van der Waals surface area (Å²) in [6, 6.07) is 7.83. The molecule has 1 aromatic heterocycles. The van der Waals surface area contributed by atoms with Crippen molar-refractivity contribution in [2.75, 3.05) is 13.2 Å². The number of nitrogens with two attached hydrogens (primary N) is 1. The monoisotopic (exact) mass is 260 g/mol. The van der Waals surface area contributed by atoms with E-state index in [2.05, 4.69) is 24.2 Å². The van der Waals surface area contributed by atoms with Gasteiger partial charge in [0.15, 0.2) is 0 Å². The van der Waals surface area contributed by atoms with E-state index in [1.807, 2.05) is 30.5 Å². The van der Waals surface area contributed by atoms with E-state index in [9.17, 15) is 0 Å². The molecule has 0 radical (unpaired) electrons. The average molecular weight is 260 g/mol. The lowest BCUT2D eigenvalue weighted by Gasteiger charge is -2.09. The molecule has 102 valence electrons. The van der Waals surface area contributed by atoms with Crippen LogP contribution in [0.25, 0.3) is 5.69 Å². The first-order valence-electron chi connectivity index (χ1n) is 6.53. The lowest BCUT2D eigenvalue weighted by molar-refractivity contribution is 0.271. The zero-order chi connectivity index (χ0) is 13.7. The van der Waals surface area contributed by atoms with Crippen molar-refractivity contribution < 1.29 is 4.74 Å². The van der Waals surface area contributed by atoms with Crippen LogP contribution in [0.15, 0.2) is 30.5 Å². The van der Waals surface area contributed by atoms with Crippen molar-refractivity contribution in [3.8, 4) is 11.4 Å². The van der Waals surface area contributed by atoms with E-state index in [1.165, 1.54) is 0 Å². The molecule has 0 unspecified atom stereocenters. The number of nitrogens with zero attached hydrogens (tertiary/aromatic N) is 3. The second kappa shape index (κ2) is 6.33. The fourth-order valence-electron chi connectivity index (χ4n) is 1.65. The maximum atomic E-state index is 5.64. The molecule has 2 rings (SSSR count). The van der Waals surface area contributed by atoms with Crippen LogP contribution < -0.4 is 10.5 Å². The van der Waals surface area contributed by atoms with E-state index < -0.39 is 0 Å². The highest BCUT2D eigenvalue weighted by Crippen LogP contribution is 2.15. The zero-order valence-electron chi connectivity index (χ0n) is 11.4. The highest BCUT2D eigenvalue weighted by atomic mass is 16.5. The fraction of sp³-hybridized carbons (Fsp3) is 0.429. The lowest BCUT2D eigenvalue weighted by Crippen LogP contribution is -2.04. The second-order valence-electron chi connectivity index (χ2n) is 4.89. The van der Waals surface area contributed by atoms with Gasteiger partial charge in [-0.3, -0.25) is 0 Å². The first-order valence-corrected chi connectivity index (χ1v) is 6.53. The van der Waals surface area contributed by atoms with Gasteiger partial charge in [-0.2, -0.15) is 0 Å². The Labute approximate surface area is 113 Å². The van der Waals surface area contributed by atoms with E-state index in [1.54, 1.807) is 4.68 Å². The van der Waals surface area contributed by atoms with Crippen LogP contribution in [0.3, 0.4) is 0 Å². The van der Waals surface area contributed by atoms with Gasteiger partial charge in [-0.1, -0.05) is 19.1 Å². The van der Waals surface area contributed by atoms with Gasteiger partial charge in [-0.25, -0.2) is 4.68 Å². The zero-order valence-corrected chi connectivity index (χ0v) is 11.4. The van der Waals surface area contributed by atoms with E-state index in [0.717, 1.165) is 30.2 Å². The van der Waals surface area contributed by atoms with Gasteiger partial charge in [0.2, 0.25) is 0 Å². The molecule has 0 aliphatic rings. The van der Waals surface area contributed by atoms with Crippen molar-refractivity contribution in [1.29, 1.82) is 0 Å². The van der Waals surface area contributed by atoms with Gasteiger partial charge >= 0.3 is 0 Å². The van der Waals surface area contributed by atoms with Crippen molar-refractivity contribution in [2.24, 2.45) is 11.7 Å². The molecule has 1 heterocycles. The first-order chi connectivity index (χ1) is 9.19. The summed E-state index contributed by atoms with van der Waals surface area (Å²) in [5.74, 6) is 1.40. The standard InChI is InChI=1S/C14H20N4O/c1-11(2)10-19-14-5-3-13(4-6-14)18-9-12(7-8-15)16-17-18/h3-6,9,11H,7-8,10,15H2,1-2H3. The van der Waals surface area contributed by atoms with E-state index in [0.29, 0.717) is 12.5 Å². The smallest absolute Gasteiger partial charge is 0.119 e. The van der Waals surface area contributed by atoms with Gasteiger partial charge in [-0.15, -0.1) is 5.10 Å². The van der Waals surface area contributed by atoms with Gasteiger partial charge in [-0.05, 0) is 36.7 Å². The minimum absolute atomic E-state index is 0.522. The maximum Gasteiger partial charge on any atom is 0.119 e. The number of ether oxygens (including phenoxy) is 1. The third kappa shape index (κ3) is 3.79. The quantitative estimate of drug-likeness (QED) is 0.860. The van der Waals surface area contributed by atoms with Gasteiger partial charge in [0.25, 0.3) is 0 Å². The summed E-state index contributed by atoms with van der Waals surface area (Å²) >= 11 is 0. The molecule has 0 aliphatic carbocycles. The molecule has 0 atom stereocenters. The predicted molar refractivity (Wildman–Crippen MR) is 74.5 cm³/mol. The molecule has 1 aromatic carbocycles. The van der Waals surface area contributed by atoms with Crippen molar-refractivity contribution in [1.82, 2.24) is 15.0 Å². The topological polar surface area (TPSA) is 66.0 Å². The summed E-state index contributed by atoms with van der Waals surface area (Å²) in [4.78, 5) is 0. The Hall–Kier alpha value is -1.88. The SMILES string of the molecule is CC(C)COc1ccc(-n2cc(CCN)nn2)cc1. The highest BCUT2D eigenvalue weighted by Gasteiger charge is 2.03. The molecule has 5 heteroatoms. The molecule has 0 bridgehead atoms. The number of hydrogen-bond acceptors (Lipinski definition) is 4. The summed E-state index contributed by atoms with van der Waals surface area (Å²) in [7, 11) is 0. The van der Waals surface area contributed by atoms with Crippen LogP contribution in [-0.4, -0.2) is 28.1 Å². The molecular weight excluding hydrogens is 240 g/mol. The molecule has 0 aliphatic heterocycles. The van der Waals surface area contributed by atoms with Crippen LogP contribution in [0, 0.1) is 5.92 Å². The maximum absolute atomic E-state index is 5.64. The molecule has 5 nitrogen and oxygen atoms in total. The average Bonchev–Trinajstić information content (AvgIpc) is 2.86. The molecule has 0 saturated heterocycles. The normalized spacial score (nSPS) is 10.9. The third-order valence-corrected chi connectivity index (χ3v) is 2.63. The Kier molecular flexibility index (Phi) is 4.52. The lowest BCUT2D eigenvalue weighted by atomic mass is 10.2. The highest BCUT2D eigenvalue weighted by molar-refractivity contribution is 5.36. The Bertz CT molecular complexity index is 504. The summed E-state index contributed by atoms with van der Waals surface area (Å²) in [5, 5.41) is 8.15. The second-order valence-corrected chi connectivity index (χ2v) is 4.89. The van der Waals surface area contributed by atoms with E-state index in [-0.39, 0.29) is 0 Å². The van der Waals surface area contributed by atoms with Crippen molar-refractivity contribution >= 4 is 0 Å². The predicted octanol–water partition coefficient (Wildman–Crippen LogP) is 1.80. The van der Waals surface area contributed by atoms with Crippen molar-refractivity contribution in [2.45, 2.75) is 20.3 Å². The summed E-state index contributed by atoms with van der Waals surface area (Å²) in [6.45, 7) is 5.56. The Morgan fingerprint density at radius 1 is 1.26 bits per heavy atom. The van der Waals surface area contributed by atoms with E-state index in [4.69, 9.17) is 10.5 Å². The minimum Gasteiger partial charge on any atom is -0.493 e. The molecule has 0 spiro atoms. The van der Waals surface area contributed by atoms with Crippen LogP contribution >= 0.6 is 0 Å². The number of benzene rings is 1. The van der Waals surface area contributed by atoms with Gasteiger partial charge < -0.3 is 10.5 Å². The van der Waals surface area contributed by atoms with Gasteiger partial charge in [0.1, 0.15) is 5.75 Å². The molecular formula is C14H20N4O. The molecule has 0 fully saturated rings. The molecule has 19 heavy (non-hydrogen) atoms. The van der Waals surface area contributed by atoms with Crippen molar-refractivity contribution in [3.63, 3.8) is 0 Å². The molecule has 0 saturated carbocycles. The summed E-state index contributed by atoms with van der Waals surface area (Å²) in [6.07, 6.45) is 2.65. The summed E-state index contributed by atoms with van der Waals surface area (Å²) < 4.78 is 7.39. The van der Waals surface area contributed by atoms with Gasteiger partial charge in [0.05, 0.1) is 24.2 Å². The number of aromatic nitrogens is 3. The van der Waals surface area contributed by atoms with E-state index >= 15 is 0 Å². The minimum atomic E-state index is 0.522. The Morgan fingerprint density at radius 2 is 2.00 bits per heavy atom. The largest absolute Gasteiger partial charge is 0.493 e. The molecule has 2 aromatic rings. The molecule has 0 amide bonds. The first kappa shape index (κ1) is 13.5. The van der Waals surface area contributed by atoms with Crippen LogP contribution in [0.4, 0.5) is 0 Å². The third-order valence-electron chi connectivity index (χ3n) is 2.63. The van der Waals surface area contributed by atoms with Gasteiger partial charge in [0, 0.05) is 6.42 Å². The molecule has 2 N–H and O–H groups in total. The van der Waals surface area contributed by atoms with Crippen LogP contribution in [0.2, 0.25) is 0 Å². The summed E-state index contributed by atoms with van der Waals surface area (Å²) in [5.41, 5.74) is 7.36. The van der Waals surface area contributed by atoms with Crippen LogP contribution in [0.1, 0.15) is 19.5 Å². The number of hydrogen-bond donors (Lipinski definition) is 1. The van der Waals surface area contributed by atoms with Crippen LogP contribution in [-0.2, 0) is 6.42 Å². The Balaban J connectivity index is 2.04. The van der Waals surface area contributed by atoms with Crippen molar-refractivity contribution in [3.05, 3.63) is 36.2 Å². The Morgan fingerprint density at radius 3 is 2.63 bits per heavy atom. The number of rotatable bonds is 6. The fourth-order valence-corrected chi connectivity index (χ4v) is 1.65.